The molecule has 0 aliphatic carbocycles. The van der Waals surface area contributed by atoms with E-state index in [1.54, 1.807) is 0 Å². The fraction of sp³-hybridized carbons (Fsp3) is 1.00. The van der Waals surface area contributed by atoms with Crippen LogP contribution in [0.3, 0.4) is 0 Å². The smallest absolute Gasteiger partial charge is 0.0593 e. The van der Waals surface area contributed by atoms with Crippen LogP contribution >= 0.6 is 0 Å². The minimum Gasteiger partial charge on any atom is -0.380 e. The molecule has 120 valence electrons. The summed E-state index contributed by atoms with van der Waals surface area (Å²) in [6.45, 7) is 14.8. The SMILES string of the molecule is CN1CCN(CCOCCCCCCC(C)(C)C)CC1. The topological polar surface area (TPSA) is 15.7 Å². The van der Waals surface area contributed by atoms with Gasteiger partial charge in [-0.1, -0.05) is 40.0 Å². The highest BCUT2D eigenvalue weighted by atomic mass is 16.5. The molecule has 0 aromatic heterocycles. The van der Waals surface area contributed by atoms with Crippen molar-refractivity contribution in [2.24, 2.45) is 5.41 Å². The summed E-state index contributed by atoms with van der Waals surface area (Å²) in [6.07, 6.45) is 6.62. The Labute approximate surface area is 126 Å². The van der Waals surface area contributed by atoms with E-state index in [4.69, 9.17) is 4.74 Å². The molecule has 1 aliphatic rings. The van der Waals surface area contributed by atoms with Crippen LogP contribution in [0.4, 0.5) is 0 Å². The number of unbranched alkanes of at least 4 members (excludes halogenated alkanes) is 3. The molecule has 0 radical (unpaired) electrons. The van der Waals surface area contributed by atoms with Gasteiger partial charge in [-0.15, -0.1) is 0 Å². The molecule has 0 aromatic carbocycles. The second-order valence-electron chi connectivity index (χ2n) is 7.48. The van der Waals surface area contributed by atoms with Crippen LogP contribution in [0.25, 0.3) is 0 Å². The molecule has 1 fully saturated rings. The molecule has 1 rings (SSSR count). The zero-order valence-electron chi connectivity index (χ0n) is 14.3. The molecule has 1 saturated heterocycles. The molecule has 3 nitrogen and oxygen atoms in total. The first kappa shape index (κ1) is 17.9. The first-order valence-electron chi connectivity index (χ1n) is 8.46. The fourth-order valence-electron chi connectivity index (χ4n) is 2.58. The van der Waals surface area contributed by atoms with Crippen LogP contribution in [-0.4, -0.2) is 62.8 Å². The summed E-state index contributed by atoms with van der Waals surface area (Å²) in [5, 5.41) is 0. The van der Waals surface area contributed by atoms with Crippen molar-refractivity contribution < 1.29 is 4.74 Å². The standard InChI is InChI=1S/C17H36N2O/c1-17(2,3)9-7-5-6-8-15-20-16-14-19-12-10-18(4)11-13-19/h5-16H2,1-4H3. The van der Waals surface area contributed by atoms with Gasteiger partial charge in [-0.05, 0) is 25.3 Å². The summed E-state index contributed by atoms with van der Waals surface area (Å²) in [4.78, 5) is 4.91. The Morgan fingerprint density at radius 3 is 2.15 bits per heavy atom. The first-order chi connectivity index (χ1) is 9.47. The van der Waals surface area contributed by atoms with E-state index in [-0.39, 0.29) is 0 Å². The van der Waals surface area contributed by atoms with Crippen molar-refractivity contribution in [3.05, 3.63) is 0 Å². The molecule has 1 aliphatic heterocycles. The van der Waals surface area contributed by atoms with E-state index in [1.807, 2.05) is 0 Å². The predicted octanol–water partition coefficient (Wildman–Crippen LogP) is 3.25. The Morgan fingerprint density at radius 2 is 1.50 bits per heavy atom. The van der Waals surface area contributed by atoms with Gasteiger partial charge in [0.2, 0.25) is 0 Å². The molecule has 0 spiro atoms. The maximum Gasteiger partial charge on any atom is 0.0593 e. The van der Waals surface area contributed by atoms with Gasteiger partial charge >= 0.3 is 0 Å². The molecule has 20 heavy (non-hydrogen) atoms. The fourth-order valence-corrected chi connectivity index (χ4v) is 2.58. The third-order valence-corrected chi connectivity index (χ3v) is 4.11. The maximum absolute atomic E-state index is 5.76. The van der Waals surface area contributed by atoms with Crippen molar-refractivity contribution in [3.63, 3.8) is 0 Å². The van der Waals surface area contributed by atoms with Crippen LogP contribution in [0, 0.1) is 5.41 Å². The molecule has 0 saturated carbocycles. The van der Waals surface area contributed by atoms with Crippen LogP contribution in [0.15, 0.2) is 0 Å². The lowest BCUT2D eigenvalue weighted by Gasteiger charge is -2.32. The highest BCUT2D eigenvalue weighted by molar-refractivity contribution is 4.68. The Bertz CT molecular complexity index is 230. The number of piperazine rings is 1. The van der Waals surface area contributed by atoms with Gasteiger partial charge in [0.15, 0.2) is 0 Å². The van der Waals surface area contributed by atoms with E-state index in [9.17, 15) is 0 Å². The second-order valence-corrected chi connectivity index (χ2v) is 7.48. The van der Waals surface area contributed by atoms with E-state index < -0.39 is 0 Å². The molecular formula is C17H36N2O. The van der Waals surface area contributed by atoms with Gasteiger partial charge in [0.1, 0.15) is 0 Å². The highest BCUT2D eigenvalue weighted by Gasteiger charge is 2.12. The lowest BCUT2D eigenvalue weighted by Crippen LogP contribution is -2.45. The number of hydrogen-bond acceptors (Lipinski definition) is 3. The number of hydrogen-bond donors (Lipinski definition) is 0. The minimum absolute atomic E-state index is 0.499. The third kappa shape index (κ3) is 9.73. The van der Waals surface area contributed by atoms with Gasteiger partial charge in [0.25, 0.3) is 0 Å². The van der Waals surface area contributed by atoms with E-state index in [1.165, 1.54) is 58.3 Å². The molecule has 1 heterocycles. The lowest BCUT2D eigenvalue weighted by atomic mass is 9.89. The van der Waals surface area contributed by atoms with Crippen LogP contribution < -0.4 is 0 Å². The summed E-state index contributed by atoms with van der Waals surface area (Å²) < 4.78 is 5.76. The minimum atomic E-state index is 0.499. The number of nitrogens with zero attached hydrogens (tertiary/aromatic N) is 2. The normalized spacial score (nSPS) is 18.6. The summed E-state index contributed by atoms with van der Waals surface area (Å²) in [5.74, 6) is 0. The number of likely N-dealkylation sites (N-methyl/N-ethyl adjacent to an activating group) is 1. The lowest BCUT2D eigenvalue weighted by molar-refractivity contribution is 0.0799. The van der Waals surface area contributed by atoms with Gasteiger partial charge in [0.05, 0.1) is 6.61 Å². The molecular weight excluding hydrogens is 248 g/mol. The molecule has 0 aromatic rings. The average molecular weight is 284 g/mol. The van der Waals surface area contributed by atoms with Crippen molar-refractivity contribution >= 4 is 0 Å². The Hall–Kier alpha value is -0.120. The summed E-state index contributed by atoms with van der Waals surface area (Å²) in [5.41, 5.74) is 0.499. The summed E-state index contributed by atoms with van der Waals surface area (Å²) >= 11 is 0. The number of ether oxygens (including phenoxy) is 1. The average Bonchev–Trinajstić information content (AvgIpc) is 2.37. The Morgan fingerprint density at radius 1 is 0.850 bits per heavy atom. The zero-order valence-corrected chi connectivity index (χ0v) is 14.3. The number of rotatable bonds is 9. The van der Waals surface area contributed by atoms with Crippen molar-refractivity contribution in [1.29, 1.82) is 0 Å². The molecule has 0 unspecified atom stereocenters. The van der Waals surface area contributed by atoms with Gasteiger partial charge in [-0.3, -0.25) is 4.90 Å². The Kier molecular flexibility index (Phi) is 8.74. The van der Waals surface area contributed by atoms with Crippen LogP contribution in [0.1, 0.15) is 52.9 Å². The monoisotopic (exact) mass is 284 g/mol. The van der Waals surface area contributed by atoms with Crippen LogP contribution in [0.5, 0.6) is 0 Å². The molecule has 0 amide bonds. The van der Waals surface area contributed by atoms with Gasteiger partial charge in [0, 0.05) is 39.3 Å². The summed E-state index contributed by atoms with van der Waals surface area (Å²) in [6, 6.07) is 0. The van der Waals surface area contributed by atoms with Crippen molar-refractivity contribution in [3.8, 4) is 0 Å². The van der Waals surface area contributed by atoms with Crippen molar-refractivity contribution in [1.82, 2.24) is 9.80 Å². The van der Waals surface area contributed by atoms with Gasteiger partial charge in [-0.2, -0.15) is 0 Å². The van der Waals surface area contributed by atoms with Gasteiger partial charge < -0.3 is 9.64 Å². The van der Waals surface area contributed by atoms with Crippen molar-refractivity contribution in [2.75, 3.05) is 53.0 Å². The van der Waals surface area contributed by atoms with Crippen LogP contribution in [-0.2, 0) is 4.74 Å². The Balaban J connectivity index is 1.81. The molecule has 0 N–H and O–H groups in total. The van der Waals surface area contributed by atoms with Gasteiger partial charge in [-0.25, -0.2) is 0 Å². The molecule has 3 heteroatoms. The van der Waals surface area contributed by atoms with Crippen molar-refractivity contribution in [2.45, 2.75) is 52.9 Å². The molecule has 0 bridgehead atoms. The third-order valence-electron chi connectivity index (χ3n) is 4.11. The molecule has 0 atom stereocenters. The predicted molar refractivity (Wildman–Crippen MR) is 87.3 cm³/mol. The zero-order chi connectivity index (χ0) is 14.8. The summed E-state index contributed by atoms with van der Waals surface area (Å²) in [7, 11) is 2.20. The van der Waals surface area contributed by atoms with E-state index >= 15 is 0 Å². The second kappa shape index (κ2) is 9.75. The first-order valence-corrected chi connectivity index (χ1v) is 8.46. The quantitative estimate of drug-likeness (QED) is 0.605. The maximum atomic E-state index is 5.76. The van der Waals surface area contributed by atoms with Crippen LogP contribution in [0.2, 0.25) is 0 Å². The van der Waals surface area contributed by atoms with E-state index in [0.717, 1.165) is 19.8 Å². The largest absolute Gasteiger partial charge is 0.380 e. The highest BCUT2D eigenvalue weighted by Crippen LogP contribution is 2.22. The van der Waals surface area contributed by atoms with E-state index in [2.05, 4.69) is 37.6 Å². The van der Waals surface area contributed by atoms with E-state index in [0.29, 0.717) is 5.41 Å².